The number of imidazole rings is 1. The Morgan fingerprint density at radius 3 is 2.65 bits per heavy atom. The molecule has 4 nitrogen and oxygen atoms in total. The van der Waals surface area contributed by atoms with Crippen LogP contribution in [0.4, 0.5) is 0 Å². The number of aryl methyl sites for hydroxylation is 1. The fourth-order valence-electron chi connectivity index (χ4n) is 2.23. The number of methoxy groups -OCH3 is 1. The molecule has 0 unspecified atom stereocenters. The van der Waals surface area contributed by atoms with E-state index in [0.717, 1.165) is 35.5 Å². The van der Waals surface area contributed by atoms with Crippen LogP contribution in [0.3, 0.4) is 0 Å². The Kier molecular flexibility index (Phi) is 5.89. The van der Waals surface area contributed by atoms with Crippen molar-refractivity contribution in [2.75, 3.05) is 13.7 Å². The first-order valence-electron chi connectivity index (χ1n) is 7.75. The summed E-state index contributed by atoms with van der Waals surface area (Å²) in [6.07, 6.45) is 1.84. The van der Waals surface area contributed by atoms with Crippen molar-refractivity contribution in [2.24, 2.45) is 0 Å². The van der Waals surface area contributed by atoms with Gasteiger partial charge in [0, 0.05) is 31.6 Å². The normalized spacial score (nSPS) is 11.7. The van der Waals surface area contributed by atoms with Crippen molar-refractivity contribution >= 4 is 19.7 Å². The molecular weight excluding hydrogens is 328 g/mol. The van der Waals surface area contributed by atoms with Gasteiger partial charge < -0.3 is 14.0 Å². The van der Waals surface area contributed by atoms with E-state index in [4.69, 9.17) is 21.1 Å². The Bertz CT molecular complexity index is 665. The molecule has 1 heterocycles. The average molecular weight is 353 g/mol. The van der Waals surface area contributed by atoms with Crippen molar-refractivity contribution in [1.82, 2.24) is 9.55 Å². The van der Waals surface area contributed by atoms with Crippen LogP contribution in [0.25, 0.3) is 11.4 Å². The smallest absolute Gasteiger partial charge is 0.145 e. The van der Waals surface area contributed by atoms with Gasteiger partial charge in [-0.2, -0.15) is 0 Å². The molecule has 23 heavy (non-hydrogen) atoms. The Morgan fingerprint density at radius 1 is 1.26 bits per heavy atom. The van der Waals surface area contributed by atoms with Crippen LogP contribution in [0, 0.1) is 6.92 Å². The summed E-state index contributed by atoms with van der Waals surface area (Å²) < 4.78 is 13.4. The Labute approximate surface area is 144 Å². The predicted octanol–water partition coefficient (Wildman–Crippen LogP) is 4.83. The van der Waals surface area contributed by atoms with Gasteiger partial charge in [0.15, 0.2) is 0 Å². The molecule has 0 saturated heterocycles. The van der Waals surface area contributed by atoms with Crippen LogP contribution in [0.5, 0.6) is 5.75 Å². The molecule has 0 radical (unpaired) electrons. The van der Waals surface area contributed by atoms with E-state index in [1.165, 1.54) is 0 Å². The van der Waals surface area contributed by atoms with Crippen molar-refractivity contribution in [2.45, 2.75) is 39.3 Å². The summed E-state index contributed by atoms with van der Waals surface area (Å²) in [7, 11) is 0.570. The molecule has 2 aromatic rings. The fraction of sp³-hybridized carbons (Fsp3) is 0.471. The first kappa shape index (κ1) is 18.0. The maximum absolute atomic E-state index is 6.14. The number of aromatic nitrogens is 2. The van der Waals surface area contributed by atoms with Crippen LogP contribution in [0.1, 0.15) is 5.69 Å². The Hall–Kier alpha value is -1.30. The Balaban J connectivity index is 2.20. The van der Waals surface area contributed by atoms with Crippen molar-refractivity contribution in [3.63, 3.8) is 0 Å². The highest BCUT2D eigenvalue weighted by Gasteiger charge is 2.16. The maximum atomic E-state index is 6.14. The summed E-state index contributed by atoms with van der Waals surface area (Å²) in [5, 5.41) is 0.660. The van der Waals surface area contributed by atoms with Gasteiger partial charge in [-0.05, 0) is 31.2 Å². The molecule has 2 rings (SSSR count). The largest absolute Gasteiger partial charge is 0.496 e. The standard InChI is InChI=1S/C17H25ClN2O2Si/c1-13-11-19-17(15-10-14(18)6-7-16(15)21-2)20(13)12-22-8-9-23(3,4)5/h6-7,10-11H,8-9,12H2,1-5H3. The van der Waals surface area contributed by atoms with Gasteiger partial charge in [-0.25, -0.2) is 4.98 Å². The molecule has 0 fully saturated rings. The van der Waals surface area contributed by atoms with E-state index in [9.17, 15) is 0 Å². The van der Waals surface area contributed by atoms with E-state index in [1.807, 2.05) is 31.3 Å². The van der Waals surface area contributed by atoms with Crippen LogP contribution in [0.15, 0.2) is 24.4 Å². The zero-order chi connectivity index (χ0) is 17.0. The monoisotopic (exact) mass is 352 g/mol. The van der Waals surface area contributed by atoms with Gasteiger partial charge in [-0.15, -0.1) is 0 Å². The molecule has 0 spiro atoms. The van der Waals surface area contributed by atoms with Crippen molar-refractivity contribution in [1.29, 1.82) is 0 Å². The van der Waals surface area contributed by atoms with E-state index in [0.29, 0.717) is 11.8 Å². The third-order valence-electron chi connectivity index (χ3n) is 3.67. The summed E-state index contributed by atoms with van der Waals surface area (Å²) in [5.74, 6) is 1.57. The summed E-state index contributed by atoms with van der Waals surface area (Å²) >= 11 is 6.14. The minimum atomic E-state index is -1.08. The van der Waals surface area contributed by atoms with E-state index in [2.05, 4.69) is 29.2 Å². The summed E-state index contributed by atoms with van der Waals surface area (Å²) in [5.41, 5.74) is 1.93. The van der Waals surface area contributed by atoms with Crippen molar-refractivity contribution in [3.8, 4) is 17.1 Å². The lowest BCUT2D eigenvalue weighted by Crippen LogP contribution is -2.22. The molecule has 126 valence electrons. The van der Waals surface area contributed by atoms with Crippen LogP contribution in [0.2, 0.25) is 30.7 Å². The predicted molar refractivity (Wildman–Crippen MR) is 98.1 cm³/mol. The third-order valence-corrected chi connectivity index (χ3v) is 5.61. The topological polar surface area (TPSA) is 36.3 Å². The zero-order valence-electron chi connectivity index (χ0n) is 14.5. The highest BCUT2D eigenvalue weighted by molar-refractivity contribution is 6.76. The molecular formula is C17H25ClN2O2Si. The number of nitrogens with zero attached hydrogens (tertiary/aromatic N) is 2. The fourth-order valence-corrected chi connectivity index (χ4v) is 3.16. The lowest BCUT2D eigenvalue weighted by molar-refractivity contribution is 0.0870. The second kappa shape index (κ2) is 7.51. The first-order chi connectivity index (χ1) is 10.8. The number of hydrogen-bond donors (Lipinski definition) is 0. The molecule has 0 aliphatic carbocycles. The maximum Gasteiger partial charge on any atom is 0.145 e. The van der Waals surface area contributed by atoms with Crippen LogP contribution < -0.4 is 4.74 Å². The number of benzene rings is 1. The second-order valence-corrected chi connectivity index (χ2v) is 12.9. The highest BCUT2D eigenvalue weighted by atomic mass is 35.5. The molecule has 0 amide bonds. The quantitative estimate of drug-likeness (QED) is 0.528. The number of ether oxygens (including phenoxy) is 2. The number of hydrogen-bond acceptors (Lipinski definition) is 3. The molecule has 0 saturated carbocycles. The van der Waals surface area contributed by atoms with E-state index >= 15 is 0 Å². The van der Waals surface area contributed by atoms with Crippen LogP contribution in [-0.2, 0) is 11.5 Å². The third kappa shape index (κ3) is 4.83. The molecule has 1 aromatic heterocycles. The SMILES string of the molecule is COc1ccc(Cl)cc1-c1ncc(C)n1COCC[Si](C)(C)C. The second-order valence-electron chi connectivity index (χ2n) is 6.84. The van der Waals surface area contributed by atoms with Gasteiger partial charge in [0.05, 0.1) is 12.7 Å². The molecule has 0 aliphatic heterocycles. The highest BCUT2D eigenvalue weighted by Crippen LogP contribution is 2.32. The van der Waals surface area contributed by atoms with Gasteiger partial charge in [-0.3, -0.25) is 0 Å². The molecule has 0 N–H and O–H groups in total. The van der Waals surface area contributed by atoms with Crippen LogP contribution in [-0.4, -0.2) is 31.3 Å². The Morgan fingerprint density at radius 2 is 2.00 bits per heavy atom. The number of rotatable bonds is 7. The minimum absolute atomic E-state index is 0.487. The summed E-state index contributed by atoms with van der Waals surface area (Å²) in [6, 6.07) is 6.70. The van der Waals surface area contributed by atoms with E-state index in [1.54, 1.807) is 7.11 Å². The minimum Gasteiger partial charge on any atom is -0.496 e. The molecule has 1 aromatic carbocycles. The first-order valence-corrected chi connectivity index (χ1v) is 11.8. The van der Waals surface area contributed by atoms with Gasteiger partial charge >= 0.3 is 0 Å². The van der Waals surface area contributed by atoms with Crippen LogP contribution >= 0.6 is 11.6 Å². The average Bonchev–Trinajstić information content (AvgIpc) is 2.83. The molecule has 0 aliphatic rings. The zero-order valence-corrected chi connectivity index (χ0v) is 16.3. The lowest BCUT2D eigenvalue weighted by Gasteiger charge is -2.17. The molecule has 0 atom stereocenters. The van der Waals surface area contributed by atoms with Gasteiger partial charge in [0.25, 0.3) is 0 Å². The van der Waals surface area contributed by atoms with E-state index in [-0.39, 0.29) is 0 Å². The summed E-state index contributed by atoms with van der Waals surface area (Å²) in [6.45, 7) is 10.3. The number of halogens is 1. The van der Waals surface area contributed by atoms with E-state index < -0.39 is 8.07 Å². The lowest BCUT2D eigenvalue weighted by atomic mass is 10.2. The molecule has 6 heteroatoms. The summed E-state index contributed by atoms with van der Waals surface area (Å²) in [4.78, 5) is 4.52. The van der Waals surface area contributed by atoms with Gasteiger partial charge in [0.2, 0.25) is 0 Å². The molecule has 0 bridgehead atoms. The van der Waals surface area contributed by atoms with Gasteiger partial charge in [-0.1, -0.05) is 31.2 Å². The van der Waals surface area contributed by atoms with Crippen molar-refractivity contribution < 1.29 is 9.47 Å². The van der Waals surface area contributed by atoms with Crippen molar-refractivity contribution in [3.05, 3.63) is 35.1 Å². The van der Waals surface area contributed by atoms with Gasteiger partial charge in [0.1, 0.15) is 18.3 Å².